The second-order valence-corrected chi connectivity index (χ2v) is 10.6. The lowest BCUT2D eigenvalue weighted by molar-refractivity contribution is -0.231. The number of hydrogen-bond acceptors (Lipinski definition) is 7. The zero-order valence-corrected chi connectivity index (χ0v) is 19.3. The van der Waals surface area contributed by atoms with Crippen LogP contribution in [0, 0.1) is 22.7 Å². The molecule has 182 valence electrons. The van der Waals surface area contributed by atoms with Gasteiger partial charge in [0.2, 0.25) is 5.78 Å². The molecule has 0 aromatic carbocycles. The fourth-order valence-corrected chi connectivity index (χ4v) is 7.50. The van der Waals surface area contributed by atoms with Gasteiger partial charge in [0, 0.05) is 23.2 Å². The van der Waals surface area contributed by atoms with Crippen molar-refractivity contribution >= 4 is 17.5 Å². The van der Waals surface area contributed by atoms with E-state index in [9.17, 15) is 29.7 Å². The number of ether oxygens (including phenoxy) is 1. The number of hydrogen-bond donors (Lipinski definition) is 3. The van der Waals surface area contributed by atoms with E-state index in [0.717, 1.165) is 0 Å². The third kappa shape index (κ3) is 2.99. The third-order valence-electron chi connectivity index (χ3n) is 9.12. The second-order valence-electron chi connectivity index (χ2n) is 10.6. The number of Topliss-reactive ketones (excluding diaryl/α,β-unsaturated/α-hetero) is 1. The summed E-state index contributed by atoms with van der Waals surface area (Å²) < 4.78 is 22.9. The lowest BCUT2D eigenvalue weighted by Crippen LogP contribution is -2.71. The maximum absolute atomic E-state index is 17.2. The minimum Gasteiger partial charge on any atom is -0.450 e. The van der Waals surface area contributed by atoms with Crippen LogP contribution < -0.4 is 0 Å². The molecule has 8 heteroatoms. The number of carbonyl (C=O) groups is 3. The first-order valence-electron chi connectivity index (χ1n) is 11.8. The average Bonchev–Trinajstić information content (AvgIpc) is 3.04. The molecule has 4 aliphatic carbocycles. The highest BCUT2D eigenvalue weighted by atomic mass is 19.1. The van der Waals surface area contributed by atoms with Gasteiger partial charge < -0.3 is 20.1 Å². The lowest BCUT2D eigenvalue weighted by Gasteiger charge is -2.63. The Bertz CT molecular complexity index is 943. The van der Waals surface area contributed by atoms with Gasteiger partial charge in [0.15, 0.2) is 17.1 Å². The number of carbonyl (C=O) groups excluding carboxylic acids is 3. The van der Waals surface area contributed by atoms with Crippen LogP contribution in [0.4, 0.5) is 4.39 Å². The van der Waals surface area contributed by atoms with Crippen molar-refractivity contribution in [3.8, 4) is 0 Å². The number of halogens is 1. The summed E-state index contributed by atoms with van der Waals surface area (Å²) in [6.07, 6.45) is 2.23. The van der Waals surface area contributed by atoms with Crippen molar-refractivity contribution in [2.75, 3.05) is 6.61 Å². The maximum atomic E-state index is 17.2. The van der Waals surface area contributed by atoms with Crippen molar-refractivity contribution in [1.29, 1.82) is 0 Å². The molecule has 0 radical (unpaired) electrons. The Morgan fingerprint density at radius 3 is 2.58 bits per heavy atom. The van der Waals surface area contributed by atoms with Crippen LogP contribution in [0.25, 0.3) is 0 Å². The topological polar surface area (TPSA) is 121 Å². The molecule has 0 aromatic rings. The summed E-state index contributed by atoms with van der Waals surface area (Å²) in [6.45, 7) is 4.29. The highest BCUT2D eigenvalue weighted by Crippen LogP contribution is 2.70. The quantitative estimate of drug-likeness (QED) is 0.532. The molecule has 4 aliphatic rings. The number of alkyl halides is 1. The smallest absolute Gasteiger partial charge is 0.306 e. The molecule has 3 saturated carbocycles. The summed E-state index contributed by atoms with van der Waals surface area (Å²) >= 11 is 0. The summed E-state index contributed by atoms with van der Waals surface area (Å²) in [6, 6.07) is 0. The van der Waals surface area contributed by atoms with Crippen LogP contribution in [0.15, 0.2) is 23.8 Å². The van der Waals surface area contributed by atoms with Crippen LogP contribution in [0.2, 0.25) is 0 Å². The van der Waals surface area contributed by atoms with Gasteiger partial charge >= 0.3 is 5.97 Å². The van der Waals surface area contributed by atoms with Crippen LogP contribution in [0.5, 0.6) is 0 Å². The Morgan fingerprint density at radius 1 is 1.24 bits per heavy atom. The van der Waals surface area contributed by atoms with Crippen molar-refractivity contribution in [2.24, 2.45) is 22.7 Å². The van der Waals surface area contributed by atoms with E-state index < -0.39 is 64.5 Å². The summed E-state index contributed by atoms with van der Waals surface area (Å²) in [5.41, 5.74) is -6.12. The average molecular weight is 465 g/mol. The monoisotopic (exact) mass is 464 g/mol. The zero-order chi connectivity index (χ0) is 24.4. The van der Waals surface area contributed by atoms with Gasteiger partial charge in [-0.15, -0.1) is 0 Å². The predicted octanol–water partition coefficient (Wildman–Crippen LogP) is 1.97. The molecule has 4 rings (SSSR count). The molecular weight excluding hydrogens is 431 g/mol. The molecule has 0 heterocycles. The van der Waals surface area contributed by atoms with Gasteiger partial charge in [-0.25, -0.2) is 4.39 Å². The Balaban J connectivity index is 1.82. The van der Waals surface area contributed by atoms with Gasteiger partial charge in [-0.2, -0.15) is 0 Å². The third-order valence-corrected chi connectivity index (χ3v) is 9.12. The first-order chi connectivity index (χ1) is 15.4. The molecule has 0 aliphatic heterocycles. The number of aliphatic hydroxyl groups excluding tert-OH is 3. The normalized spacial score (nSPS) is 46.2. The first kappa shape index (κ1) is 24.2. The van der Waals surface area contributed by atoms with Gasteiger partial charge in [-0.3, -0.25) is 14.4 Å². The minimum atomic E-state index is -2.19. The van der Waals surface area contributed by atoms with E-state index in [1.165, 1.54) is 18.2 Å². The minimum absolute atomic E-state index is 0.0251. The molecular formula is C25H33FO7. The van der Waals surface area contributed by atoms with E-state index in [0.29, 0.717) is 12.8 Å². The molecule has 0 aromatic heterocycles. The van der Waals surface area contributed by atoms with Crippen molar-refractivity contribution in [3.63, 3.8) is 0 Å². The van der Waals surface area contributed by atoms with E-state index >= 15 is 4.39 Å². The van der Waals surface area contributed by atoms with E-state index in [4.69, 9.17) is 4.74 Å². The molecule has 0 amide bonds. The number of allylic oxidation sites excluding steroid dienone is 3. The van der Waals surface area contributed by atoms with Gasteiger partial charge in [-0.1, -0.05) is 19.9 Å². The van der Waals surface area contributed by atoms with Gasteiger partial charge in [0.1, 0.15) is 6.61 Å². The molecule has 0 unspecified atom stereocenters. The number of ketones is 2. The van der Waals surface area contributed by atoms with Crippen molar-refractivity contribution in [1.82, 2.24) is 0 Å². The number of esters is 1. The highest BCUT2D eigenvalue weighted by Gasteiger charge is 2.76. The maximum Gasteiger partial charge on any atom is 0.306 e. The van der Waals surface area contributed by atoms with Crippen molar-refractivity contribution in [3.05, 3.63) is 23.8 Å². The molecule has 0 spiro atoms. The summed E-state index contributed by atoms with van der Waals surface area (Å²) in [5, 5.41) is 32.0. The highest BCUT2D eigenvalue weighted by molar-refractivity contribution is 6.01. The molecule has 7 nitrogen and oxygen atoms in total. The Kier molecular flexibility index (Phi) is 5.74. The van der Waals surface area contributed by atoms with E-state index in [1.54, 1.807) is 20.8 Å². The Labute approximate surface area is 192 Å². The summed E-state index contributed by atoms with van der Waals surface area (Å²) in [5.74, 6) is -2.89. The summed E-state index contributed by atoms with van der Waals surface area (Å²) in [7, 11) is 0. The number of aliphatic hydroxyl groups is 3. The molecule has 3 fully saturated rings. The standard InChI is InChI=1S/C25H33FO7/c1-4-5-21(32)33-24(20(31)13-27)9-7-15-16-11-18(29)17-10-14(28)6-8-22(17,2)25(16,26)19(30)12-23(15,24)3/h6,8,10,15-16,18-19,27,29-30H,4-5,7,9,11-13H2,1-3H3/t15-,16-,18-,19-,22-,23-,24-,25-/m0/s1. The van der Waals surface area contributed by atoms with Gasteiger partial charge in [0.25, 0.3) is 0 Å². The van der Waals surface area contributed by atoms with Crippen LogP contribution in [0.1, 0.15) is 59.3 Å². The molecule has 8 atom stereocenters. The Hall–Kier alpha value is -1.90. The van der Waals surface area contributed by atoms with Gasteiger partial charge in [-0.05, 0) is 62.7 Å². The SMILES string of the molecule is CCCC(=O)O[C@]1(C(=O)CO)CC[C@H]2[C@@H]3C[C@H](O)C4=CC(=O)C=C[C@]4(C)[C@@]3(F)[C@@H](O)C[C@@]21C. The second kappa shape index (κ2) is 7.82. The zero-order valence-electron chi connectivity index (χ0n) is 19.3. The largest absolute Gasteiger partial charge is 0.450 e. The van der Waals surface area contributed by atoms with E-state index in [1.807, 2.05) is 0 Å². The van der Waals surface area contributed by atoms with E-state index in [-0.39, 0.29) is 37.0 Å². The van der Waals surface area contributed by atoms with Gasteiger partial charge in [0.05, 0.1) is 12.2 Å². The number of rotatable bonds is 5. The summed E-state index contributed by atoms with van der Waals surface area (Å²) in [4.78, 5) is 37.5. The fraction of sp³-hybridized carbons (Fsp3) is 0.720. The molecule has 3 N–H and O–H groups in total. The Morgan fingerprint density at radius 2 is 1.94 bits per heavy atom. The van der Waals surface area contributed by atoms with E-state index in [2.05, 4.69) is 0 Å². The number of fused-ring (bicyclic) bond motifs is 5. The molecule has 0 bridgehead atoms. The first-order valence-corrected chi connectivity index (χ1v) is 11.8. The fourth-order valence-electron chi connectivity index (χ4n) is 7.50. The van der Waals surface area contributed by atoms with Crippen molar-refractivity contribution < 1.29 is 38.8 Å². The van der Waals surface area contributed by atoms with Crippen LogP contribution >= 0.6 is 0 Å². The molecule has 0 saturated heterocycles. The predicted molar refractivity (Wildman–Crippen MR) is 116 cm³/mol. The van der Waals surface area contributed by atoms with Crippen molar-refractivity contribution in [2.45, 2.75) is 82.8 Å². The van der Waals surface area contributed by atoms with Crippen LogP contribution in [-0.4, -0.2) is 62.9 Å². The molecule has 33 heavy (non-hydrogen) atoms. The van der Waals surface area contributed by atoms with Crippen LogP contribution in [0.3, 0.4) is 0 Å². The lowest BCUT2D eigenvalue weighted by atomic mass is 9.44. The van der Waals surface area contributed by atoms with Crippen LogP contribution in [-0.2, 0) is 19.1 Å².